The molecule has 0 aliphatic heterocycles. The number of rotatable bonds is 10. The van der Waals surface area contributed by atoms with Crippen LogP contribution in [-0.4, -0.2) is 39.1 Å². The number of para-hydroxylation sites is 1. The molecule has 4 aromatic carbocycles. The second-order valence-electron chi connectivity index (χ2n) is 8.45. The Morgan fingerprint density at radius 3 is 2.05 bits per heavy atom. The second kappa shape index (κ2) is 13.3. The van der Waals surface area contributed by atoms with Crippen LogP contribution >= 0.6 is 11.8 Å². The lowest BCUT2D eigenvalue weighted by Gasteiger charge is -2.19. The number of esters is 1. The molecule has 0 aromatic heterocycles. The largest absolute Gasteiger partial charge is 0.496 e. The number of benzene rings is 4. The van der Waals surface area contributed by atoms with Gasteiger partial charge in [0.05, 0.1) is 32.6 Å². The van der Waals surface area contributed by atoms with Gasteiger partial charge in [0.25, 0.3) is 5.91 Å². The molecule has 0 aliphatic rings. The van der Waals surface area contributed by atoms with Crippen molar-refractivity contribution in [2.45, 2.75) is 10.1 Å². The summed E-state index contributed by atoms with van der Waals surface area (Å²) in [5, 5.41) is 5.11. The topological polar surface area (TPSA) is 103 Å². The molecule has 0 spiro atoms. The summed E-state index contributed by atoms with van der Waals surface area (Å²) in [7, 11) is 4.27. The summed E-state index contributed by atoms with van der Waals surface area (Å²) in [4.78, 5) is 39.7. The van der Waals surface area contributed by atoms with E-state index in [2.05, 4.69) is 10.6 Å². The summed E-state index contributed by atoms with van der Waals surface area (Å²) < 4.78 is 15.6. The van der Waals surface area contributed by atoms with Gasteiger partial charge in [-0.3, -0.25) is 9.59 Å². The number of amides is 2. The quantitative estimate of drug-likeness (QED) is 0.177. The third-order valence-electron chi connectivity index (χ3n) is 5.93. The molecule has 0 bridgehead atoms. The van der Waals surface area contributed by atoms with E-state index in [0.717, 1.165) is 10.5 Å². The monoisotopic (exact) mass is 556 g/mol. The van der Waals surface area contributed by atoms with Crippen LogP contribution in [-0.2, 0) is 9.53 Å². The lowest BCUT2D eigenvalue weighted by molar-refractivity contribution is -0.115. The summed E-state index contributed by atoms with van der Waals surface area (Å²) >= 11 is 1.31. The van der Waals surface area contributed by atoms with Crippen LogP contribution in [0.5, 0.6) is 11.5 Å². The zero-order valence-electron chi connectivity index (χ0n) is 22.2. The van der Waals surface area contributed by atoms with Crippen molar-refractivity contribution in [2.75, 3.05) is 32.0 Å². The van der Waals surface area contributed by atoms with Gasteiger partial charge in [0.15, 0.2) is 0 Å². The molecule has 0 heterocycles. The maximum atomic E-state index is 13.6. The van der Waals surface area contributed by atoms with E-state index < -0.39 is 17.1 Å². The molecule has 0 fully saturated rings. The Bertz CT molecular complexity index is 1490. The van der Waals surface area contributed by atoms with Crippen molar-refractivity contribution < 1.29 is 28.6 Å². The lowest BCUT2D eigenvalue weighted by Crippen LogP contribution is -2.21. The molecular formula is C31H28N2O6S. The number of hydrogen-bond donors (Lipinski definition) is 2. The van der Waals surface area contributed by atoms with Crippen LogP contribution in [0.2, 0.25) is 0 Å². The van der Waals surface area contributed by atoms with E-state index in [0.29, 0.717) is 22.9 Å². The average Bonchev–Trinajstić information content (AvgIpc) is 2.99. The van der Waals surface area contributed by atoms with Crippen LogP contribution in [0.3, 0.4) is 0 Å². The molecule has 4 aromatic rings. The average molecular weight is 557 g/mol. The minimum Gasteiger partial charge on any atom is -0.496 e. The first kappa shape index (κ1) is 28.3. The van der Waals surface area contributed by atoms with Crippen LogP contribution in [0.15, 0.2) is 102 Å². The SMILES string of the molecule is COC(=O)c1ccccc1NC(=O)C(Sc1cccc(NC(=O)c2c(OC)cccc2OC)c1)c1ccccc1. The van der Waals surface area contributed by atoms with E-state index in [1.165, 1.54) is 33.1 Å². The number of nitrogens with one attached hydrogen (secondary N) is 2. The van der Waals surface area contributed by atoms with Gasteiger partial charge in [-0.15, -0.1) is 11.8 Å². The van der Waals surface area contributed by atoms with Gasteiger partial charge in [-0.1, -0.05) is 54.6 Å². The highest BCUT2D eigenvalue weighted by Gasteiger charge is 2.24. The van der Waals surface area contributed by atoms with Gasteiger partial charge in [-0.2, -0.15) is 0 Å². The van der Waals surface area contributed by atoms with Gasteiger partial charge in [0.2, 0.25) is 5.91 Å². The summed E-state index contributed by atoms with van der Waals surface area (Å²) in [5.41, 5.74) is 2.19. The number of methoxy groups -OCH3 is 3. The molecule has 0 radical (unpaired) electrons. The summed E-state index contributed by atoms with van der Waals surface area (Å²) in [6, 6.07) is 28.3. The van der Waals surface area contributed by atoms with E-state index in [4.69, 9.17) is 14.2 Å². The van der Waals surface area contributed by atoms with Crippen molar-refractivity contribution in [3.63, 3.8) is 0 Å². The predicted octanol–water partition coefficient (Wildman–Crippen LogP) is 6.21. The van der Waals surface area contributed by atoms with Gasteiger partial charge in [-0.25, -0.2) is 4.79 Å². The predicted molar refractivity (Wildman–Crippen MR) is 155 cm³/mol. The first-order valence-corrected chi connectivity index (χ1v) is 13.1. The van der Waals surface area contributed by atoms with Gasteiger partial charge < -0.3 is 24.8 Å². The van der Waals surface area contributed by atoms with Crippen LogP contribution in [0.1, 0.15) is 31.5 Å². The highest BCUT2D eigenvalue weighted by Crippen LogP contribution is 2.38. The first-order chi connectivity index (χ1) is 19.4. The minimum atomic E-state index is -0.660. The Kier molecular flexibility index (Phi) is 9.43. The molecule has 1 unspecified atom stereocenters. The highest BCUT2D eigenvalue weighted by molar-refractivity contribution is 8.00. The molecule has 1 atom stereocenters. The molecule has 4 rings (SSSR count). The molecule has 40 heavy (non-hydrogen) atoms. The molecule has 2 N–H and O–H groups in total. The zero-order chi connectivity index (χ0) is 28.5. The van der Waals surface area contributed by atoms with Gasteiger partial charge in [0.1, 0.15) is 22.3 Å². The normalized spacial score (nSPS) is 11.2. The van der Waals surface area contributed by atoms with Crippen LogP contribution in [0, 0.1) is 0 Å². The number of anilines is 2. The number of carbonyl (C=O) groups excluding carboxylic acids is 3. The van der Waals surface area contributed by atoms with E-state index in [1.807, 2.05) is 36.4 Å². The summed E-state index contributed by atoms with van der Waals surface area (Å²) in [5.74, 6) is -0.491. The second-order valence-corrected chi connectivity index (χ2v) is 9.63. The minimum absolute atomic E-state index is 0.256. The molecule has 8 nitrogen and oxygen atoms in total. The van der Waals surface area contributed by atoms with Crippen molar-refractivity contribution in [1.82, 2.24) is 0 Å². The van der Waals surface area contributed by atoms with Crippen LogP contribution in [0.4, 0.5) is 11.4 Å². The number of carbonyl (C=O) groups is 3. The number of thioether (sulfide) groups is 1. The third kappa shape index (κ3) is 6.62. The van der Waals surface area contributed by atoms with Gasteiger partial charge in [-0.05, 0) is 48.0 Å². The fraction of sp³-hybridized carbons (Fsp3) is 0.129. The van der Waals surface area contributed by atoms with Crippen LogP contribution in [0.25, 0.3) is 0 Å². The zero-order valence-corrected chi connectivity index (χ0v) is 23.0. The van der Waals surface area contributed by atoms with E-state index in [-0.39, 0.29) is 17.0 Å². The highest BCUT2D eigenvalue weighted by atomic mass is 32.2. The van der Waals surface area contributed by atoms with Crippen molar-refractivity contribution >= 4 is 40.9 Å². The molecule has 0 saturated heterocycles. The number of ether oxygens (including phenoxy) is 3. The Morgan fingerprint density at radius 1 is 0.725 bits per heavy atom. The van der Waals surface area contributed by atoms with E-state index in [1.54, 1.807) is 60.7 Å². The Labute approximate surface area is 236 Å². The Hall–Kier alpha value is -4.76. The maximum absolute atomic E-state index is 13.6. The fourth-order valence-electron chi connectivity index (χ4n) is 4.03. The Balaban J connectivity index is 1.59. The van der Waals surface area contributed by atoms with Crippen molar-refractivity contribution in [3.8, 4) is 11.5 Å². The summed E-state index contributed by atoms with van der Waals surface area (Å²) in [6.07, 6.45) is 0. The van der Waals surface area contributed by atoms with Gasteiger partial charge >= 0.3 is 5.97 Å². The molecule has 0 aliphatic carbocycles. The van der Waals surface area contributed by atoms with Gasteiger partial charge in [0, 0.05) is 10.6 Å². The standard InChI is InChI=1S/C31H28N2O6S/c1-37-25-17-10-18-26(38-2)27(25)29(34)32-21-13-9-14-22(19-21)40-28(20-11-5-4-6-12-20)30(35)33-24-16-8-7-15-23(24)31(36)39-3/h4-19,28H,1-3H3,(H,32,34)(H,33,35). The van der Waals surface area contributed by atoms with Crippen molar-refractivity contribution in [1.29, 1.82) is 0 Å². The van der Waals surface area contributed by atoms with E-state index in [9.17, 15) is 14.4 Å². The molecule has 204 valence electrons. The number of hydrogen-bond acceptors (Lipinski definition) is 7. The molecule has 2 amide bonds. The van der Waals surface area contributed by atoms with Crippen molar-refractivity contribution in [2.24, 2.45) is 0 Å². The molecule has 9 heteroatoms. The third-order valence-corrected chi connectivity index (χ3v) is 7.18. The summed E-state index contributed by atoms with van der Waals surface area (Å²) in [6.45, 7) is 0. The van der Waals surface area contributed by atoms with Crippen molar-refractivity contribution in [3.05, 3.63) is 114 Å². The molecular weight excluding hydrogens is 528 g/mol. The Morgan fingerprint density at radius 2 is 1.38 bits per heavy atom. The first-order valence-electron chi connectivity index (χ1n) is 12.3. The van der Waals surface area contributed by atoms with Crippen LogP contribution < -0.4 is 20.1 Å². The smallest absolute Gasteiger partial charge is 0.339 e. The lowest BCUT2D eigenvalue weighted by atomic mass is 10.1. The maximum Gasteiger partial charge on any atom is 0.339 e. The van der Waals surface area contributed by atoms with E-state index >= 15 is 0 Å². The fourth-order valence-corrected chi connectivity index (χ4v) is 5.11. The molecule has 0 saturated carbocycles.